The van der Waals surface area contributed by atoms with Gasteiger partial charge in [-0.25, -0.2) is 0 Å². The fourth-order valence-electron chi connectivity index (χ4n) is 1.92. The number of hydrogen-bond acceptors (Lipinski definition) is 3. The zero-order chi connectivity index (χ0) is 14.3. The van der Waals surface area contributed by atoms with Crippen molar-refractivity contribution in [1.29, 1.82) is 0 Å². The lowest BCUT2D eigenvalue weighted by Gasteiger charge is -2.03. The van der Waals surface area contributed by atoms with E-state index in [2.05, 4.69) is 21.0 Å². The van der Waals surface area contributed by atoms with Gasteiger partial charge in [0.05, 0.1) is 16.6 Å². The van der Waals surface area contributed by atoms with Crippen molar-refractivity contribution < 1.29 is 8.42 Å². The predicted molar refractivity (Wildman–Crippen MR) is 81.2 cm³/mol. The van der Waals surface area contributed by atoms with E-state index in [1.165, 1.54) is 6.20 Å². The van der Waals surface area contributed by atoms with Crippen LogP contribution in [-0.2, 0) is 10.0 Å². The molecule has 0 saturated heterocycles. The van der Waals surface area contributed by atoms with Crippen molar-refractivity contribution in [3.05, 3.63) is 58.7 Å². The molecule has 2 aromatic carbocycles. The Morgan fingerprint density at radius 2 is 1.80 bits per heavy atom. The van der Waals surface area contributed by atoms with E-state index in [1.807, 2.05) is 19.1 Å². The fourth-order valence-corrected chi connectivity index (χ4v) is 3.44. The van der Waals surface area contributed by atoms with E-state index in [0.717, 1.165) is 19.5 Å². The molecule has 0 aliphatic rings. The highest BCUT2D eigenvalue weighted by Gasteiger charge is 2.18. The summed E-state index contributed by atoms with van der Waals surface area (Å²) >= 11 is 3.36. The molecule has 3 rings (SSSR count). The third-order valence-corrected chi connectivity index (χ3v) is 5.05. The third-order valence-electron chi connectivity index (χ3n) is 3.01. The Bertz CT molecular complexity index is 883. The lowest BCUT2D eigenvalue weighted by atomic mass is 10.2. The molecule has 4 nitrogen and oxygen atoms in total. The molecule has 0 unspecified atom stereocenters. The zero-order valence-corrected chi connectivity index (χ0v) is 13.0. The molecule has 102 valence electrons. The highest BCUT2D eigenvalue weighted by atomic mass is 79.9. The normalized spacial score (nSPS) is 11.9. The van der Waals surface area contributed by atoms with Crippen LogP contribution in [0, 0.1) is 6.92 Å². The molecule has 0 atom stereocenters. The van der Waals surface area contributed by atoms with E-state index < -0.39 is 10.0 Å². The van der Waals surface area contributed by atoms with Crippen LogP contribution in [0.25, 0.3) is 10.9 Å². The molecule has 0 saturated carbocycles. The predicted octanol–water partition coefficient (Wildman–Crippen LogP) is 3.34. The minimum atomic E-state index is -3.64. The summed E-state index contributed by atoms with van der Waals surface area (Å²) in [6.45, 7) is 1.91. The molecular formula is C14H11BrN2O2S. The average Bonchev–Trinajstić information content (AvgIpc) is 2.83. The summed E-state index contributed by atoms with van der Waals surface area (Å²) in [7, 11) is -3.64. The largest absolute Gasteiger partial charge is 0.282 e. The molecule has 3 aromatic rings. The maximum Gasteiger partial charge on any atom is 0.282 e. The van der Waals surface area contributed by atoms with Crippen LogP contribution >= 0.6 is 15.9 Å². The molecule has 0 N–H and O–H groups in total. The molecule has 20 heavy (non-hydrogen) atoms. The Morgan fingerprint density at radius 3 is 2.50 bits per heavy atom. The summed E-state index contributed by atoms with van der Waals surface area (Å²) in [5.74, 6) is 0. The van der Waals surface area contributed by atoms with Crippen molar-refractivity contribution in [2.24, 2.45) is 0 Å². The van der Waals surface area contributed by atoms with Crippen molar-refractivity contribution in [3.63, 3.8) is 0 Å². The van der Waals surface area contributed by atoms with Gasteiger partial charge in [0.15, 0.2) is 0 Å². The van der Waals surface area contributed by atoms with Gasteiger partial charge in [0.2, 0.25) is 0 Å². The van der Waals surface area contributed by atoms with E-state index in [4.69, 9.17) is 0 Å². The summed E-state index contributed by atoms with van der Waals surface area (Å²) in [5, 5.41) is 4.91. The summed E-state index contributed by atoms with van der Waals surface area (Å²) < 4.78 is 26.9. The second-order valence-electron chi connectivity index (χ2n) is 4.52. The first-order valence-electron chi connectivity index (χ1n) is 5.94. The molecule has 1 aromatic heterocycles. The summed E-state index contributed by atoms with van der Waals surface area (Å²) in [6, 6.07) is 12.2. The first-order valence-corrected chi connectivity index (χ1v) is 8.17. The monoisotopic (exact) mass is 350 g/mol. The van der Waals surface area contributed by atoms with Crippen LogP contribution in [0.1, 0.15) is 5.56 Å². The van der Waals surface area contributed by atoms with Gasteiger partial charge < -0.3 is 0 Å². The van der Waals surface area contributed by atoms with Gasteiger partial charge >= 0.3 is 0 Å². The minimum Gasteiger partial charge on any atom is -0.199 e. The quantitative estimate of drug-likeness (QED) is 0.712. The number of fused-ring (bicyclic) bond motifs is 1. The molecular weight excluding hydrogens is 340 g/mol. The van der Waals surface area contributed by atoms with Gasteiger partial charge in [-0.05, 0) is 37.3 Å². The maximum absolute atomic E-state index is 12.5. The Labute approximate surface area is 125 Å². The Kier molecular flexibility index (Phi) is 3.14. The summed E-state index contributed by atoms with van der Waals surface area (Å²) in [5.41, 5.74) is 1.65. The first-order chi connectivity index (χ1) is 9.46. The lowest BCUT2D eigenvalue weighted by molar-refractivity contribution is 0.580. The number of benzene rings is 2. The standard InChI is InChI=1S/C14H11BrN2O2S/c1-10-2-5-13(6-3-10)20(18,19)17-9-11-8-12(15)4-7-14(11)16-17/h2-9H,1H3. The van der Waals surface area contributed by atoms with Gasteiger partial charge in [-0.3, -0.25) is 0 Å². The van der Waals surface area contributed by atoms with Crippen LogP contribution in [0.5, 0.6) is 0 Å². The Morgan fingerprint density at radius 1 is 1.10 bits per heavy atom. The van der Waals surface area contributed by atoms with Crippen molar-refractivity contribution in [2.75, 3.05) is 0 Å². The second-order valence-corrected chi connectivity index (χ2v) is 7.23. The van der Waals surface area contributed by atoms with Gasteiger partial charge in [-0.15, -0.1) is 0 Å². The van der Waals surface area contributed by atoms with E-state index in [0.29, 0.717) is 5.52 Å². The number of nitrogens with zero attached hydrogens (tertiary/aromatic N) is 2. The number of hydrogen-bond donors (Lipinski definition) is 0. The maximum atomic E-state index is 12.5. The van der Waals surface area contributed by atoms with Crippen LogP contribution in [0.2, 0.25) is 0 Å². The number of rotatable bonds is 2. The highest BCUT2D eigenvalue weighted by molar-refractivity contribution is 9.10. The number of halogens is 1. The molecule has 0 aliphatic carbocycles. The molecule has 6 heteroatoms. The molecule has 1 heterocycles. The Balaban J connectivity index is 2.15. The van der Waals surface area contributed by atoms with E-state index >= 15 is 0 Å². The van der Waals surface area contributed by atoms with E-state index in [1.54, 1.807) is 30.3 Å². The SMILES string of the molecule is Cc1ccc(S(=O)(=O)n2cc3cc(Br)ccc3n2)cc1. The third kappa shape index (κ3) is 2.25. The van der Waals surface area contributed by atoms with Crippen molar-refractivity contribution in [2.45, 2.75) is 11.8 Å². The van der Waals surface area contributed by atoms with Gasteiger partial charge in [-0.1, -0.05) is 33.6 Å². The van der Waals surface area contributed by atoms with Crippen molar-refractivity contribution >= 4 is 36.9 Å². The van der Waals surface area contributed by atoms with Crippen molar-refractivity contribution in [1.82, 2.24) is 9.19 Å². The van der Waals surface area contributed by atoms with Crippen LogP contribution in [-0.4, -0.2) is 17.6 Å². The molecule has 0 bridgehead atoms. The number of aromatic nitrogens is 2. The minimum absolute atomic E-state index is 0.231. The van der Waals surface area contributed by atoms with Crippen LogP contribution < -0.4 is 0 Å². The van der Waals surface area contributed by atoms with E-state index in [-0.39, 0.29) is 4.90 Å². The second kappa shape index (κ2) is 4.71. The van der Waals surface area contributed by atoms with Gasteiger partial charge in [0, 0.05) is 9.86 Å². The molecule has 0 fully saturated rings. The fraction of sp³-hybridized carbons (Fsp3) is 0.0714. The van der Waals surface area contributed by atoms with E-state index in [9.17, 15) is 8.42 Å². The van der Waals surface area contributed by atoms with Gasteiger partial charge in [0.25, 0.3) is 10.0 Å². The highest BCUT2D eigenvalue weighted by Crippen LogP contribution is 2.21. The van der Waals surface area contributed by atoms with Crippen LogP contribution in [0.3, 0.4) is 0 Å². The van der Waals surface area contributed by atoms with Gasteiger partial charge in [-0.2, -0.15) is 17.6 Å². The topological polar surface area (TPSA) is 52.0 Å². The lowest BCUT2D eigenvalue weighted by Crippen LogP contribution is -2.13. The Hall–Kier alpha value is -1.66. The van der Waals surface area contributed by atoms with Crippen LogP contribution in [0.15, 0.2) is 58.0 Å². The smallest absolute Gasteiger partial charge is 0.199 e. The van der Waals surface area contributed by atoms with Crippen LogP contribution in [0.4, 0.5) is 0 Å². The first kappa shape index (κ1) is 13.3. The zero-order valence-electron chi connectivity index (χ0n) is 10.6. The summed E-state index contributed by atoms with van der Waals surface area (Å²) in [6.07, 6.45) is 1.52. The van der Waals surface area contributed by atoms with Crippen molar-refractivity contribution in [3.8, 4) is 0 Å². The molecule has 0 spiro atoms. The summed E-state index contributed by atoms with van der Waals surface area (Å²) in [4.78, 5) is 0.231. The molecule has 0 radical (unpaired) electrons. The number of aryl methyl sites for hydroxylation is 1. The molecule has 0 aliphatic heterocycles. The van der Waals surface area contributed by atoms with Gasteiger partial charge in [0.1, 0.15) is 0 Å². The molecule has 0 amide bonds. The average molecular weight is 351 g/mol.